The molecule has 0 atom stereocenters. The lowest BCUT2D eigenvalue weighted by molar-refractivity contribution is -0.384. The van der Waals surface area contributed by atoms with Crippen molar-refractivity contribution in [2.45, 2.75) is 97.6 Å². The zero-order valence-corrected chi connectivity index (χ0v) is 23.7. The molecule has 11 heteroatoms. The normalized spacial score (nSPS) is 17.3. The van der Waals surface area contributed by atoms with E-state index in [4.69, 9.17) is 14.2 Å². The van der Waals surface area contributed by atoms with Crippen LogP contribution in [0.1, 0.15) is 72.8 Å². The Morgan fingerprint density at radius 3 is 1.74 bits per heavy atom. The van der Waals surface area contributed by atoms with Crippen LogP contribution in [0.25, 0.3) is 0 Å². The molecule has 1 aromatic rings. The fraction of sp³-hybridized carbons (Fsp3) is 0.704. The Kier molecular flexibility index (Phi) is 10.8. The van der Waals surface area contributed by atoms with E-state index in [-0.39, 0.29) is 30.1 Å². The molecule has 0 radical (unpaired) electrons. The van der Waals surface area contributed by atoms with Crippen LogP contribution >= 0.6 is 0 Å². The monoisotopic (exact) mass is 537 g/mol. The molecule has 0 aliphatic carbocycles. The summed E-state index contributed by atoms with van der Waals surface area (Å²) in [6, 6.07) is 4.58. The Bertz CT molecular complexity index is 954. The number of nitro benzene ring substituents is 1. The minimum atomic E-state index is -0.500. The van der Waals surface area contributed by atoms with Gasteiger partial charge in [-0.25, -0.2) is 9.59 Å². The molecule has 0 spiro atoms. The molecule has 0 aromatic heterocycles. The summed E-state index contributed by atoms with van der Waals surface area (Å²) in [5.74, 6) is 0.649. The van der Waals surface area contributed by atoms with Crippen molar-refractivity contribution in [3.63, 3.8) is 0 Å². The average molecular weight is 538 g/mol. The second-order valence-corrected chi connectivity index (χ2v) is 11.7. The van der Waals surface area contributed by atoms with Crippen molar-refractivity contribution in [3.8, 4) is 5.75 Å². The molecule has 3 rings (SSSR count). The number of carbonyl (C=O) groups excluding carboxylic acids is 2. The number of amides is 2. The van der Waals surface area contributed by atoms with E-state index in [0.717, 1.165) is 5.56 Å². The van der Waals surface area contributed by atoms with E-state index in [9.17, 15) is 24.8 Å². The maximum Gasteiger partial charge on any atom is 0.410 e. The van der Waals surface area contributed by atoms with Crippen molar-refractivity contribution in [2.75, 3.05) is 26.2 Å². The second kappa shape index (κ2) is 13.1. The van der Waals surface area contributed by atoms with Gasteiger partial charge in [-0.2, -0.15) is 0 Å². The number of hydrogen-bond acceptors (Lipinski definition) is 8. The van der Waals surface area contributed by atoms with E-state index in [0.29, 0.717) is 57.6 Å². The molecule has 11 nitrogen and oxygen atoms in total. The zero-order chi connectivity index (χ0) is 28.7. The van der Waals surface area contributed by atoms with Gasteiger partial charge < -0.3 is 29.1 Å². The van der Waals surface area contributed by atoms with Gasteiger partial charge in [-0.3, -0.25) is 10.1 Å². The third kappa shape index (κ3) is 10.7. The molecule has 1 aromatic carbocycles. The molecule has 38 heavy (non-hydrogen) atoms. The first-order valence-corrected chi connectivity index (χ1v) is 13.1. The predicted octanol–water partition coefficient (Wildman–Crippen LogP) is 5.06. The van der Waals surface area contributed by atoms with Crippen LogP contribution in [0.5, 0.6) is 5.75 Å². The minimum Gasteiger partial charge on any atom is -0.490 e. The van der Waals surface area contributed by atoms with Crippen LogP contribution in [-0.4, -0.2) is 81.6 Å². The lowest BCUT2D eigenvalue weighted by Gasteiger charge is -2.33. The second-order valence-electron chi connectivity index (χ2n) is 11.7. The number of nitro groups is 1. The first-order chi connectivity index (χ1) is 17.5. The third-order valence-corrected chi connectivity index (χ3v) is 5.87. The summed E-state index contributed by atoms with van der Waals surface area (Å²) in [6.07, 6.45) is 1.87. The Labute approximate surface area is 225 Å². The number of benzene rings is 1. The minimum absolute atomic E-state index is 0.0103. The molecule has 214 valence electrons. The van der Waals surface area contributed by atoms with Crippen molar-refractivity contribution in [3.05, 3.63) is 33.9 Å². The van der Waals surface area contributed by atoms with Gasteiger partial charge >= 0.3 is 12.2 Å². The smallest absolute Gasteiger partial charge is 0.410 e. The average Bonchev–Trinajstić information content (AvgIpc) is 2.79. The zero-order valence-electron chi connectivity index (χ0n) is 23.7. The Morgan fingerprint density at radius 1 is 0.895 bits per heavy atom. The van der Waals surface area contributed by atoms with Gasteiger partial charge in [0.05, 0.1) is 11.0 Å². The fourth-order valence-electron chi connectivity index (χ4n) is 3.92. The number of aryl methyl sites for hydroxylation is 1. The van der Waals surface area contributed by atoms with Gasteiger partial charge in [-0.1, -0.05) is 0 Å². The van der Waals surface area contributed by atoms with Crippen molar-refractivity contribution < 1.29 is 33.8 Å². The van der Waals surface area contributed by atoms with Crippen LogP contribution in [-0.2, 0) is 9.47 Å². The van der Waals surface area contributed by atoms with Crippen LogP contribution in [0, 0.1) is 17.0 Å². The van der Waals surface area contributed by atoms with Gasteiger partial charge in [0.15, 0.2) is 0 Å². The first kappa shape index (κ1) is 31.1. The lowest BCUT2D eigenvalue weighted by atomic mass is 10.1. The van der Waals surface area contributed by atoms with Crippen LogP contribution in [0.2, 0.25) is 0 Å². The number of aliphatic hydroxyl groups is 1. The van der Waals surface area contributed by atoms with E-state index < -0.39 is 16.1 Å². The highest BCUT2D eigenvalue weighted by molar-refractivity contribution is 5.68. The number of carbonyl (C=O) groups is 2. The molecule has 2 aliphatic heterocycles. The number of aliphatic hydroxyl groups excluding tert-OH is 1. The summed E-state index contributed by atoms with van der Waals surface area (Å²) in [6.45, 7) is 15.2. The van der Waals surface area contributed by atoms with E-state index in [1.54, 1.807) is 22.8 Å². The Morgan fingerprint density at radius 2 is 1.34 bits per heavy atom. The van der Waals surface area contributed by atoms with Gasteiger partial charge in [-0.05, 0) is 72.9 Å². The van der Waals surface area contributed by atoms with Crippen molar-refractivity contribution in [1.29, 1.82) is 0 Å². The van der Waals surface area contributed by atoms with Gasteiger partial charge in [0.25, 0.3) is 5.69 Å². The molecule has 0 bridgehead atoms. The summed E-state index contributed by atoms with van der Waals surface area (Å²) in [5, 5.41) is 20.0. The third-order valence-electron chi connectivity index (χ3n) is 5.87. The standard InChI is InChI=1S/C17H24N2O5.C10H19NO3/c1-12-11-13(19(21)22)5-6-15(12)23-14-7-9-18(10-8-14)16(20)24-17(2,3)4;1-10(2,3)14-9(13)11-6-4-8(12)5-7-11/h5-6,11,14H,7-10H2,1-4H3;8,12H,4-7H2,1-3H3. The molecular formula is C27H43N3O8. The van der Waals surface area contributed by atoms with E-state index >= 15 is 0 Å². The highest BCUT2D eigenvalue weighted by Crippen LogP contribution is 2.27. The summed E-state index contributed by atoms with van der Waals surface area (Å²) < 4.78 is 16.5. The molecular weight excluding hydrogens is 494 g/mol. The van der Waals surface area contributed by atoms with Crippen molar-refractivity contribution in [2.24, 2.45) is 0 Å². The highest BCUT2D eigenvalue weighted by atomic mass is 16.6. The number of hydrogen-bond donors (Lipinski definition) is 1. The van der Waals surface area contributed by atoms with Crippen LogP contribution in [0.3, 0.4) is 0 Å². The van der Waals surface area contributed by atoms with Crippen LogP contribution < -0.4 is 4.74 Å². The lowest BCUT2D eigenvalue weighted by Crippen LogP contribution is -2.44. The number of piperidine rings is 2. The van der Waals surface area contributed by atoms with Gasteiger partial charge in [0, 0.05) is 51.2 Å². The molecule has 2 amide bonds. The molecule has 2 fully saturated rings. The Hall–Kier alpha value is -3.08. The topological polar surface area (TPSA) is 132 Å². The van der Waals surface area contributed by atoms with Gasteiger partial charge in [0.1, 0.15) is 23.1 Å². The van der Waals surface area contributed by atoms with Crippen LogP contribution in [0.4, 0.5) is 15.3 Å². The first-order valence-electron chi connectivity index (χ1n) is 13.1. The summed E-state index contributed by atoms with van der Waals surface area (Å²) in [7, 11) is 0. The summed E-state index contributed by atoms with van der Waals surface area (Å²) in [4.78, 5) is 37.3. The predicted molar refractivity (Wildman–Crippen MR) is 142 cm³/mol. The van der Waals surface area contributed by atoms with Gasteiger partial charge in [0.2, 0.25) is 0 Å². The molecule has 0 saturated carbocycles. The van der Waals surface area contributed by atoms with Crippen molar-refractivity contribution >= 4 is 17.9 Å². The van der Waals surface area contributed by atoms with Crippen molar-refractivity contribution in [1.82, 2.24) is 9.80 Å². The molecule has 1 N–H and O–H groups in total. The molecule has 2 heterocycles. The van der Waals surface area contributed by atoms with Crippen LogP contribution in [0.15, 0.2) is 18.2 Å². The SMILES string of the molecule is CC(C)(C)OC(=O)N1CCC(O)CC1.Cc1cc([N+](=O)[O-])ccc1OC1CCN(C(=O)OC(C)(C)C)CC1. The number of rotatable bonds is 3. The summed E-state index contributed by atoms with van der Waals surface area (Å²) >= 11 is 0. The fourth-order valence-corrected chi connectivity index (χ4v) is 3.92. The number of nitrogens with zero attached hydrogens (tertiary/aromatic N) is 3. The van der Waals surface area contributed by atoms with E-state index in [2.05, 4.69) is 0 Å². The molecule has 2 aliphatic rings. The molecule has 2 saturated heterocycles. The summed E-state index contributed by atoms with van der Waals surface area (Å²) in [5.41, 5.74) is -0.147. The van der Waals surface area contributed by atoms with Gasteiger partial charge in [-0.15, -0.1) is 0 Å². The largest absolute Gasteiger partial charge is 0.490 e. The van der Waals surface area contributed by atoms with E-state index in [1.807, 2.05) is 41.5 Å². The molecule has 0 unspecified atom stereocenters. The number of non-ortho nitro benzene ring substituents is 1. The number of likely N-dealkylation sites (tertiary alicyclic amines) is 2. The number of ether oxygens (including phenoxy) is 3. The highest BCUT2D eigenvalue weighted by Gasteiger charge is 2.28. The maximum atomic E-state index is 12.0. The Balaban J connectivity index is 0.000000308. The quantitative estimate of drug-likeness (QED) is 0.418. The maximum absolute atomic E-state index is 12.0. The van der Waals surface area contributed by atoms with E-state index in [1.165, 1.54) is 12.1 Å².